The van der Waals surface area contributed by atoms with E-state index < -0.39 is 0 Å². The van der Waals surface area contributed by atoms with Crippen LogP contribution >= 0.6 is 0 Å². The number of fused-ring (bicyclic) bond motifs is 3. The molecule has 0 aliphatic heterocycles. The number of rotatable bonds is 6. The first-order valence-corrected chi connectivity index (χ1v) is 11.9. The van der Waals surface area contributed by atoms with E-state index in [-0.39, 0.29) is 18.1 Å². The lowest BCUT2D eigenvalue weighted by Crippen LogP contribution is -2.20. The zero-order valence-corrected chi connectivity index (χ0v) is 20.0. The molecule has 0 aliphatic carbocycles. The smallest absolute Gasteiger partial charge is 0.325 e. The predicted octanol–water partition coefficient (Wildman–Crippen LogP) is 5.21. The lowest BCUT2D eigenvalue weighted by Gasteiger charge is -2.07. The van der Waals surface area contributed by atoms with Crippen LogP contribution in [0.15, 0.2) is 99.4 Å². The number of hydrogen-bond donors (Lipinski definition) is 0. The van der Waals surface area contributed by atoms with E-state index >= 15 is 0 Å². The van der Waals surface area contributed by atoms with Crippen molar-refractivity contribution in [1.29, 1.82) is 0 Å². The zero-order valence-electron chi connectivity index (χ0n) is 20.0. The molecule has 0 bridgehead atoms. The van der Waals surface area contributed by atoms with Crippen molar-refractivity contribution in [1.82, 2.24) is 14.2 Å². The summed E-state index contributed by atoms with van der Waals surface area (Å²) in [6.45, 7) is 2.16. The summed E-state index contributed by atoms with van der Waals surface area (Å²) < 4.78 is 14.2. The van der Waals surface area contributed by atoms with Gasteiger partial charge in [-0.1, -0.05) is 48.5 Å². The average molecular weight is 491 g/mol. The second-order valence-electron chi connectivity index (χ2n) is 8.50. The number of hydrogen-bond acceptors (Lipinski definition) is 6. The summed E-state index contributed by atoms with van der Waals surface area (Å²) in [7, 11) is 0. The Hall–Kier alpha value is -4.98. The predicted molar refractivity (Wildman–Crippen MR) is 143 cm³/mol. The Bertz CT molecular complexity index is 1840. The minimum absolute atomic E-state index is 0.0733. The van der Waals surface area contributed by atoms with Crippen LogP contribution in [0.3, 0.4) is 0 Å². The van der Waals surface area contributed by atoms with Crippen LogP contribution in [0.1, 0.15) is 12.5 Å². The maximum absolute atomic E-state index is 13.5. The molecule has 3 aromatic carbocycles. The summed E-state index contributed by atoms with van der Waals surface area (Å²) in [4.78, 5) is 30.4. The van der Waals surface area contributed by atoms with Crippen LogP contribution in [0.5, 0.6) is 0 Å². The van der Waals surface area contributed by atoms with Crippen LogP contribution in [-0.2, 0) is 16.1 Å². The fourth-order valence-electron chi connectivity index (χ4n) is 4.46. The van der Waals surface area contributed by atoms with E-state index in [1.165, 1.54) is 4.68 Å². The highest BCUT2D eigenvalue weighted by Gasteiger charge is 2.17. The van der Waals surface area contributed by atoms with Gasteiger partial charge in [0.1, 0.15) is 12.1 Å². The van der Waals surface area contributed by atoms with Gasteiger partial charge < -0.3 is 13.7 Å². The van der Waals surface area contributed by atoms with E-state index in [9.17, 15) is 9.59 Å². The Kier molecular flexibility index (Phi) is 5.61. The minimum Gasteiger partial charge on any atom is -0.465 e. The number of para-hydroxylation sites is 3. The standard InChI is InChI=1S/C29H22N4O4/c1-2-36-27(34)18-32-17-20(21-10-5-7-13-24(21)32)16-30-33-28(26-15-19-9-3-8-14-25(19)37-26)31-23-12-6-4-11-22(23)29(33)35/h3-17H,2,18H2,1H3. The third-order valence-electron chi connectivity index (χ3n) is 6.14. The highest BCUT2D eigenvalue weighted by molar-refractivity contribution is 6.00. The number of nitrogens with zero attached hydrogens (tertiary/aromatic N) is 4. The van der Waals surface area contributed by atoms with E-state index in [2.05, 4.69) is 5.10 Å². The molecule has 37 heavy (non-hydrogen) atoms. The van der Waals surface area contributed by atoms with E-state index in [4.69, 9.17) is 14.1 Å². The van der Waals surface area contributed by atoms with Gasteiger partial charge in [0, 0.05) is 28.0 Å². The Morgan fingerprint density at radius 3 is 2.62 bits per heavy atom. The summed E-state index contributed by atoms with van der Waals surface area (Å²) in [5, 5.41) is 6.82. The third-order valence-corrected chi connectivity index (χ3v) is 6.14. The first-order chi connectivity index (χ1) is 18.1. The van der Waals surface area contributed by atoms with Gasteiger partial charge in [0.05, 0.1) is 23.7 Å². The highest BCUT2D eigenvalue weighted by Crippen LogP contribution is 2.27. The van der Waals surface area contributed by atoms with Crippen molar-refractivity contribution in [3.8, 4) is 11.6 Å². The monoisotopic (exact) mass is 490 g/mol. The summed E-state index contributed by atoms with van der Waals surface area (Å²) in [5.41, 5.74) is 2.54. The molecule has 0 atom stereocenters. The number of benzene rings is 3. The lowest BCUT2D eigenvalue weighted by atomic mass is 10.2. The van der Waals surface area contributed by atoms with E-state index in [1.807, 2.05) is 71.4 Å². The molecule has 3 heterocycles. The third kappa shape index (κ3) is 4.08. The molecule has 0 amide bonds. The molecule has 6 aromatic rings. The molecule has 0 N–H and O–H groups in total. The Morgan fingerprint density at radius 1 is 1.03 bits per heavy atom. The molecule has 0 radical (unpaired) electrons. The van der Waals surface area contributed by atoms with Gasteiger partial charge in [-0.3, -0.25) is 9.59 Å². The molecule has 8 nitrogen and oxygen atoms in total. The molecule has 3 aromatic heterocycles. The Balaban J connectivity index is 1.51. The number of esters is 1. The second kappa shape index (κ2) is 9.23. The molecular weight excluding hydrogens is 468 g/mol. The number of carbonyl (C=O) groups is 1. The van der Waals surface area contributed by atoms with Gasteiger partial charge in [-0.25, -0.2) is 4.98 Å². The van der Waals surface area contributed by atoms with Crippen molar-refractivity contribution in [3.05, 3.63) is 101 Å². The van der Waals surface area contributed by atoms with Crippen LogP contribution in [0.4, 0.5) is 0 Å². The summed E-state index contributed by atoms with van der Waals surface area (Å²) in [6.07, 6.45) is 3.43. The minimum atomic E-state index is -0.325. The largest absolute Gasteiger partial charge is 0.465 e. The van der Waals surface area contributed by atoms with Crippen molar-refractivity contribution in [2.45, 2.75) is 13.5 Å². The molecule has 0 unspecified atom stereocenters. The fraction of sp³-hybridized carbons (Fsp3) is 0.103. The van der Waals surface area contributed by atoms with Crippen molar-refractivity contribution < 1.29 is 13.9 Å². The van der Waals surface area contributed by atoms with Crippen molar-refractivity contribution in [3.63, 3.8) is 0 Å². The molecule has 0 saturated carbocycles. The molecule has 0 saturated heterocycles. The molecule has 182 valence electrons. The van der Waals surface area contributed by atoms with Gasteiger partial charge in [-0.05, 0) is 37.3 Å². The van der Waals surface area contributed by atoms with E-state index in [0.717, 1.165) is 21.9 Å². The second-order valence-corrected chi connectivity index (χ2v) is 8.50. The lowest BCUT2D eigenvalue weighted by molar-refractivity contribution is -0.143. The molecule has 0 fully saturated rings. The maximum Gasteiger partial charge on any atom is 0.325 e. The number of ether oxygens (including phenoxy) is 1. The van der Waals surface area contributed by atoms with E-state index in [0.29, 0.717) is 34.7 Å². The van der Waals surface area contributed by atoms with Gasteiger partial charge in [0.2, 0.25) is 5.82 Å². The molecule has 8 heteroatoms. The van der Waals surface area contributed by atoms with Crippen LogP contribution in [-0.4, -0.2) is 33.0 Å². The van der Waals surface area contributed by atoms with Crippen LogP contribution in [0.25, 0.3) is 44.4 Å². The zero-order chi connectivity index (χ0) is 25.4. The molecule has 0 spiro atoms. The molecule has 0 aliphatic rings. The van der Waals surface area contributed by atoms with Gasteiger partial charge in [-0.2, -0.15) is 9.78 Å². The van der Waals surface area contributed by atoms with Crippen molar-refractivity contribution in [2.75, 3.05) is 6.61 Å². The molecule has 6 rings (SSSR count). The van der Waals surface area contributed by atoms with Crippen LogP contribution < -0.4 is 5.56 Å². The molecular formula is C29H22N4O4. The van der Waals surface area contributed by atoms with Crippen LogP contribution in [0.2, 0.25) is 0 Å². The first-order valence-electron chi connectivity index (χ1n) is 11.9. The summed E-state index contributed by atoms with van der Waals surface area (Å²) in [6, 6.07) is 24.3. The summed E-state index contributed by atoms with van der Waals surface area (Å²) >= 11 is 0. The number of aromatic nitrogens is 3. The maximum atomic E-state index is 13.5. The Labute approximate surface area is 211 Å². The SMILES string of the molecule is CCOC(=O)Cn1cc(C=Nn2c(-c3cc4ccccc4o3)nc3ccccc3c2=O)c2ccccc21. The summed E-state index contributed by atoms with van der Waals surface area (Å²) in [5.74, 6) is 0.409. The Morgan fingerprint density at radius 2 is 1.78 bits per heavy atom. The highest BCUT2D eigenvalue weighted by atomic mass is 16.5. The van der Waals surface area contributed by atoms with Crippen molar-refractivity contribution in [2.24, 2.45) is 5.10 Å². The number of carbonyl (C=O) groups excluding carboxylic acids is 1. The first kappa shape index (κ1) is 22.5. The normalized spacial score (nSPS) is 11.7. The van der Waals surface area contributed by atoms with Gasteiger partial charge in [-0.15, -0.1) is 0 Å². The number of furan rings is 1. The van der Waals surface area contributed by atoms with Gasteiger partial charge >= 0.3 is 5.97 Å². The van der Waals surface area contributed by atoms with E-state index in [1.54, 1.807) is 31.3 Å². The van der Waals surface area contributed by atoms with Crippen LogP contribution in [0, 0.1) is 0 Å². The van der Waals surface area contributed by atoms with Crippen molar-refractivity contribution >= 4 is 45.0 Å². The fourth-order valence-corrected chi connectivity index (χ4v) is 4.46. The van der Waals surface area contributed by atoms with Gasteiger partial charge in [0.25, 0.3) is 5.56 Å². The average Bonchev–Trinajstić information content (AvgIpc) is 3.50. The topological polar surface area (TPSA) is 91.6 Å². The quantitative estimate of drug-likeness (QED) is 0.236. The van der Waals surface area contributed by atoms with Gasteiger partial charge in [0.15, 0.2) is 5.76 Å².